The lowest BCUT2D eigenvalue weighted by atomic mass is 10.2. The SMILES string of the molecule is Cc1sc2ncn(CC(=O)Nc3ccc(F)c(S(=O)(=O)N4CCOCC4)c3)c(=O)c2c1C. The molecule has 1 aliphatic rings. The Morgan fingerprint density at radius 2 is 2.00 bits per heavy atom. The van der Waals surface area contributed by atoms with Crippen LogP contribution in [0.4, 0.5) is 10.1 Å². The first-order valence-corrected chi connectivity index (χ1v) is 12.1. The van der Waals surface area contributed by atoms with E-state index in [-0.39, 0.29) is 44.1 Å². The predicted octanol–water partition coefficient (Wildman–Crippen LogP) is 1.87. The van der Waals surface area contributed by atoms with Crippen LogP contribution >= 0.6 is 11.3 Å². The van der Waals surface area contributed by atoms with Gasteiger partial charge in [0.05, 0.1) is 24.9 Å². The minimum absolute atomic E-state index is 0.105. The number of aryl methyl sites for hydroxylation is 2. The monoisotopic (exact) mass is 480 g/mol. The molecule has 3 aromatic rings. The van der Waals surface area contributed by atoms with Crippen LogP contribution in [0.15, 0.2) is 34.2 Å². The van der Waals surface area contributed by atoms with Gasteiger partial charge in [-0.3, -0.25) is 14.2 Å². The fourth-order valence-corrected chi connectivity index (χ4v) is 5.93. The molecule has 32 heavy (non-hydrogen) atoms. The van der Waals surface area contributed by atoms with Crippen molar-refractivity contribution in [3.05, 3.63) is 51.1 Å². The van der Waals surface area contributed by atoms with E-state index in [0.717, 1.165) is 26.9 Å². The number of carbonyl (C=O) groups excluding carboxylic acids is 1. The van der Waals surface area contributed by atoms with Crippen molar-refractivity contribution in [3.63, 3.8) is 0 Å². The Bertz CT molecular complexity index is 1360. The third-order valence-corrected chi connectivity index (χ3v) is 8.30. The van der Waals surface area contributed by atoms with Crippen LogP contribution in [0.25, 0.3) is 10.2 Å². The molecule has 0 saturated carbocycles. The smallest absolute Gasteiger partial charge is 0.262 e. The highest BCUT2D eigenvalue weighted by molar-refractivity contribution is 7.89. The summed E-state index contributed by atoms with van der Waals surface area (Å²) in [5.41, 5.74) is 0.600. The Morgan fingerprint density at radius 1 is 1.28 bits per heavy atom. The van der Waals surface area contributed by atoms with Gasteiger partial charge < -0.3 is 10.1 Å². The second kappa shape index (κ2) is 8.70. The summed E-state index contributed by atoms with van der Waals surface area (Å²) in [6.07, 6.45) is 1.30. The zero-order valence-electron chi connectivity index (χ0n) is 17.4. The number of aromatic nitrogens is 2. The second-order valence-electron chi connectivity index (χ2n) is 7.35. The highest BCUT2D eigenvalue weighted by atomic mass is 32.2. The molecule has 170 valence electrons. The molecule has 0 spiro atoms. The number of thiophene rings is 1. The van der Waals surface area contributed by atoms with Gasteiger partial charge in [0.1, 0.15) is 22.1 Å². The molecule has 12 heteroatoms. The molecule has 1 N–H and O–H groups in total. The van der Waals surface area contributed by atoms with Crippen molar-refractivity contribution in [3.8, 4) is 0 Å². The van der Waals surface area contributed by atoms with Crippen molar-refractivity contribution in [1.29, 1.82) is 0 Å². The largest absolute Gasteiger partial charge is 0.379 e. The van der Waals surface area contributed by atoms with Crippen molar-refractivity contribution in [2.75, 3.05) is 31.6 Å². The molecule has 0 unspecified atom stereocenters. The Kier molecular flexibility index (Phi) is 6.12. The van der Waals surface area contributed by atoms with Crippen molar-refractivity contribution in [1.82, 2.24) is 13.9 Å². The predicted molar refractivity (Wildman–Crippen MR) is 118 cm³/mol. The zero-order valence-corrected chi connectivity index (χ0v) is 19.1. The van der Waals surface area contributed by atoms with Gasteiger partial charge in [-0.15, -0.1) is 11.3 Å². The summed E-state index contributed by atoms with van der Waals surface area (Å²) in [6.45, 7) is 4.11. The second-order valence-corrected chi connectivity index (χ2v) is 10.5. The number of hydrogen-bond acceptors (Lipinski definition) is 7. The lowest BCUT2D eigenvalue weighted by Crippen LogP contribution is -2.40. The number of morpholine rings is 1. The summed E-state index contributed by atoms with van der Waals surface area (Å²) in [6, 6.07) is 3.33. The molecule has 4 rings (SSSR count). The molecule has 1 aromatic carbocycles. The van der Waals surface area contributed by atoms with Gasteiger partial charge in [0.15, 0.2) is 0 Å². The minimum Gasteiger partial charge on any atom is -0.379 e. The lowest BCUT2D eigenvalue weighted by Gasteiger charge is -2.26. The highest BCUT2D eigenvalue weighted by Gasteiger charge is 2.29. The first-order chi connectivity index (χ1) is 15.2. The van der Waals surface area contributed by atoms with E-state index in [1.165, 1.54) is 28.3 Å². The summed E-state index contributed by atoms with van der Waals surface area (Å²) in [7, 11) is -4.08. The van der Waals surface area contributed by atoms with Crippen molar-refractivity contribution < 1.29 is 22.3 Å². The molecule has 0 atom stereocenters. The molecule has 1 aliphatic heterocycles. The topological polar surface area (TPSA) is 111 Å². The Balaban J connectivity index is 1.56. The van der Waals surface area contributed by atoms with Gasteiger partial charge in [-0.1, -0.05) is 0 Å². The molecule has 1 fully saturated rings. The summed E-state index contributed by atoms with van der Waals surface area (Å²) in [4.78, 5) is 30.6. The van der Waals surface area contributed by atoms with E-state index in [1.807, 2.05) is 13.8 Å². The van der Waals surface area contributed by atoms with E-state index < -0.39 is 26.6 Å². The van der Waals surface area contributed by atoms with E-state index in [4.69, 9.17) is 4.74 Å². The van der Waals surface area contributed by atoms with E-state index in [0.29, 0.717) is 10.2 Å². The summed E-state index contributed by atoms with van der Waals surface area (Å²) < 4.78 is 47.4. The average Bonchev–Trinajstić information content (AvgIpc) is 3.06. The summed E-state index contributed by atoms with van der Waals surface area (Å²) >= 11 is 1.41. The maximum atomic E-state index is 14.3. The molecule has 2 aromatic heterocycles. The highest BCUT2D eigenvalue weighted by Crippen LogP contribution is 2.26. The normalized spacial score (nSPS) is 15.2. The first-order valence-electron chi connectivity index (χ1n) is 9.81. The fourth-order valence-electron chi connectivity index (χ4n) is 3.44. The van der Waals surface area contributed by atoms with Crippen LogP contribution in [-0.2, 0) is 26.1 Å². The van der Waals surface area contributed by atoms with Gasteiger partial charge in [-0.2, -0.15) is 4.31 Å². The number of sulfonamides is 1. The molecule has 1 saturated heterocycles. The molecular formula is C20H21FN4O5S2. The molecule has 1 amide bonds. The van der Waals surface area contributed by atoms with Crippen LogP contribution in [0, 0.1) is 19.7 Å². The van der Waals surface area contributed by atoms with Crippen molar-refractivity contribution >= 4 is 43.2 Å². The van der Waals surface area contributed by atoms with Gasteiger partial charge in [0.25, 0.3) is 5.56 Å². The number of halogens is 1. The molecule has 0 radical (unpaired) electrons. The van der Waals surface area contributed by atoms with Gasteiger partial charge >= 0.3 is 0 Å². The minimum atomic E-state index is -4.08. The number of fused-ring (bicyclic) bond motifs is 1. The Hall–Kier alpha value is -2.67. The lowest BCUT2D eigenvalue weighted by molar-refractivity contribution is -0.116. The van der Waals surface area contributed by atoms with Gasteiger partial charge in [-0.05, 0) is 37.6 Å². The third-order valence-electron chi connectivity index (χ3n) is 5.27. The first kappa shape index (κ1) is 22.5. The van der Waals surface area contributed by atoms with Crippen LogP contribution in [0.2, 0.25) is 0 Å². The number of rotatable bonds is 5. The van der Waals surface area contributed by atoms with Crippen molar-refractivity contribution in [2.24, 2.45) is 0 Å². The average molecular weight is 481 g/mol. The fraction of sp³-hybridized carbons (Fsp3) is 0.350. The summed E-state index contributed by atoms with van der Waals surface area (Å²) in [5.74, 6) is -1.48. The number of carbonyl (C=O) groups is 1. The number of nitrogens with zero attached hydrogens (tertiary/aromatic N) is 3. The number of benzene rings is 1. The van der Waals surface area contributed by atoms with E-state index in [1.54, 1.807) is 0 Å². The van der Waals surface area contributed by atoms with Crippen LogP contribution < -0.4 is 10.9 Å². The zero-order chi connectivity index (χ0) is 23.0. The maximum absolute atomic E-state index is 14.3. The molecule has 0 bridgehead atoms. The third kappa shape index (κ3) is 4.18. The Labute approximate surface area is 187 Å². The summed E-state index contributed by atoms with van der Waals surface area (Å²) in [5, 5.41) is 3.01. The standard InChI is InChI=1S/C20H21FN4O5S2/c1-12-13(2)31-19-18(12)20(27)24(11-22-19)10-17(26)23-14-3-4-15(21)16(9-14)32(28,29)25-5-7-30-8-6-25/h3-4,9,11H,5-8,10H2,1-2H3,(H,23,26). The van der Waals surface area contributed by atoms with Crippen LogP contribution in [0.5, 0.6) is 0 Å². The number of ether oxygens (including phenoxy) is 1. The van der Waals surface area contributed by atoms with Crippen molar-refractivity contribution in [2.45, 2.75) is 25.3 Å². The quantitative estimate of drug-likeness (QED) is 0.597. The molecule has 9 nitrogen and oxygen atoms in total. The number of amides is 1. The number of anilines is 1. The van der Waals surface area contributed by atoms with E-state index in [9.17, 15) is 22.4 Å². The van der Waals surface area contributed by atoms with Gasteiger partial charge in [0, 0.05) is 23.7 Å². The number of nitrogens with one attached hydrogen (secondary N) is 1. The van der Waals surface area contributed by atoms with Gasteiger partial charge in [-0.25, -0.2) is 17.8 Å². The number of hydrogen-bond donors (Lipinski definition) is 1. The van der Waals surface area contributed by atoms with Crippen LogP contribution in [0.1, 0.15) is 10.4 Å². The molecule has 3 heterocycles. The Morgan fingerprint density at radius 3 is 2.72 bits per heavy atom. The molecule has 0 aliphatic carbocycles. The van der Waals surface area contributed by atoms with Crippen LogP contribution in [0.3, 0.4) is 0 Å². The van der Waals surface area contributed by atoms with E-state index in [2.05, 4.69) is 10.3 Å². The maximum Gasteiger partial charge on any atom is 0.262 e. The van der Waals surface area contributed by atoms with Crippen LogP contribution in [-0.4, -0.2) is 54.5 Å². The molecular weight excluding hydrogens is 459 g/mol. The van der Waals surface area contributed by atoms with E-state index >= 15 is 0 Å². The van der Waals surface area contributed by atoms with Gasteiger partial charge in [0.2, 0.25) is 15.9 Å².